The molecule has 0 aromatic heterocycles. The zero-order valence-electron chi connectivity index (χ0n) is 15.2. The molecule has 0 atom stereocenters. The highest BCUT2D eigenvalue weighted by molar-refractivity contribution is 5.79. The molecular weight excluding hydrogens is 320 g/mol. The van der Waals surface area contributed by atoms with Gasteiger partial charge in [0.2, 0.25) is 0 Å². The molecule has 0 aliphatic heterocycles. The predicted molar refractivity (Wildman–Crippen MR) is 104 cm³/mol. The van der Waals surface area contributed by atoms with Gasteiger partial charge in [0, 0.05) is 25.7 Å². The first-order valence-corrected chi connectivity index (χ1v) is 9.93. The third-order valence-corrected chi connectivity index (χ3v) is 6.18. The monoisotopic (exact) mass is 346 g/mol. The van der Waals surface area contributed by atoms with Gasteiger partial charge in [-0.05, 0) is 59.8 Å². The molecule has 0 bridgehead atoms. The van der Waals surface area contributed by atoms with Crippen molar-refractivity contribution in [1.82, 2.24) is 0 Å². The summed E-state index contributed by atoms with van der Waals surface area (Å²) in [7, 11) is 0. The molecule has 2 saturated carbocycles. The number of hydrogen-bond donors (Lipinski definition) is 0. The van der Waals surface area contributed by atoms with Gasteiger partial charge >= 0.3 is 0 Å². The third kappa shape index (κ3) is 3.80. The van der Waals surface area contributed by atoms with Crippen LogP contribution in [0, 0.1) is 0 Å². The predicted octanol–water partition coefficient (Wildman–Crippen LogP) is 5.81. The summed E-state index contributed by atoms with van der Waals surface area (Å²) in [5.41, 5.74) is 5.21. The number of rotatable bonds is 3. The quantitative estimate of drug-likeness (QED) is 0.703. The van der Waals surface area contributed by atoms with Crippen LogP contribution in [0.1, 0.15) is 74.3 Å². The Morgan fingerprint density at radius 3 is 1.12 bits per heavy atom. The van der Waals surface area contributed by atoms with E-state index in [1.165, 1.54) is 22.3 Å². The summed E-state index contributed by atoms with van der Waals surface area (Å²) < 4.78 is 0. The number of hydrogen-bond acceptors (Lipinski definition) is 2. The molecule has 134 valence electrons. The van der Waals surface area contributed by atoms with Gasteiger partial charge < -0.3 is 0 Å². The van der Waals surface area contributed by atoms with E-state index in [-0.39, 0.29) is 0 Å². The lowest BCUT2D eigenvalue weighted by Gasteiger charge is -2.22. The van der Waals surface area contributed by atoms with Crippen LogP contribution in [0.15, 0.2) is 48.5 Å². The summed E-state index contributed by atoms with van der Waals surface area (Å²) in [6.45, 7) is 0. The van der Waals surface area contributed by atoms with E-state index in [0.717, 1.165) is 51.4 Å². The Bertz CT molecular complexity index is 696. The lowest BCUT2D eigenvalue weighted by molar-refractivity contribution is -0.121. The Morgan fingerprint density at radius 1 is 0.500 bits per heavy atom. The summed E-state index contributed by atoms with van der Waals surface area (Å²) >= 11 is 0. The van der Waals surface area contributed by atoms with Crippen LogP contribution in [-0.2, 0) is 9.59 Å². The van der Waals surface area contributed by atoms with Crippen LogP contribution in [0.25, 0.3) is 11.1 Å². The average molecular weight is 346 g/mol. The fraction of sp³-hybridized carbons (Fsp3) is 0.417. The van der Waals surface area contributed by atoms with Crippen molar-refractivity contribution in [3.05, 3.63) is 59.7 Å². The van der Waals surface area contributed by atoms with Crippen LogP contribution in [0.5, 0.6) is 0 Å². The van der Waals surface area contributed by atoms with Gasteiger partial charge in [-0.2, -0.15) is 0 Å². The first-order chi connectivity index (χ1) is 12.7. The second kappa shape index (κ2) is 7.57. The molecule has 0 heterocycles. The van der Waals surface area contributed by atoms with Crippen LogP contribution >= 0.6 is 0 Å². The molecule has 2 heteroatoms. The lowest BCUT2D eigenvalue weighted by Crippen LogP contribution is -2.12. The standard InChI is InChI=1S/C24H26O2/c25-23-13-9-21(10-14-23)19-5-1-17(2-6-19)18-3-7-20(8-4-18)22-11-15-24(26)16-12-22/h1-8,21-22H,9-16H2. The molecule has 2 aromatic rings. The van der Waals surface area contributed by atoms with Crippen LogP contribution < -0.4 is 0 Å². The second-order valence-electron chi connectivity index (χ2n) is 7.87. The fourth-order valence-electron chi connectivity index (χ4n) is 4.44. The van der Waals surface area contributed by atoms with Crippen molar-refractivity contribution in [2.75, 3.05) is 0 Å². The molecule has 0 unspecified atom stereocenters. The number of carbonyl (C=O) groups is 2. The largest absolute Gasteiger partial charge is 0.300 e. The molecule has 0 radical (unpaired) electrons. The van der Waals surface area contributed by atoms with Gasteiger partial charge in [0.15, 0.2) is 0 Å². The SMILES string of the molecule is O=C1CCC(c2ccc(-c3ccc(C4CCC(=O)CC4)cc3)cc2)CC1. The molecule has 2 fully saturated rings. The van der Waals surface area contributed by atoms with Gasteiger partial charge in [0.1, 0.15) is 11.6 Å². The van der Waals surface area contributed by atoms with Gasteiger partial charge in [0.25, 0.3) is 0 Å². The minimum atomic E-state index is 0.417. The molecule has 26 heavy (non-hydrogen) atoms. The van der Waals surface area contributed by atoms with Crippen molar-refractivity contribution >= 4 is 11.6 Å². The number of carbonyl (C=O) groups excluding carboxylic acids is 2. The van der Waals surface area contributed by atoms with Gasteiger partial charge in [0.05, 0.1) is 0 Å². The summed E-state index contributed by atoms with van der Waals surface area (Å²) in [6.07, 6.45) is 6.93. The van der Waals surface area contributed by atoms with Crippen molar-refractivity contribution in [1.29, 1.82) is 0 Å². The van der Waals surface area contributed by atoms with E-state index in [1.54, 1.807) is 0 Å². The third-order valence-electron chi connectivity index (χ3n) is 6.18. The summed E-state index contributed by atoms with van der Waals surface area (Å²) in [4.78, 5) is 22.8. The van der Waals surface area contributed by atoms with Crippen molar-refractivity contribution in [3.8, 4) is 11.1 Å². The highest BCUT2D eigenvalue weighted by Crippen LogP contribution is 2.34. The van der Waals surface area contributed by atoms with Gasteiger partial charge in [-0.15, -0.1) is 0 Å². The van der Waals surface area contributed by atoms with Gasteiger partial charge in [-0.3, -0.25) is 9.59 Å². The zero-order valence-corrected chi connectivity index (χ0v) is 15.2. The first-order valence-electron chi connectivity index (χ1n) is 9.93. The van der Waals surface area contributed by atoms with E-state index < -0.39 is 0 Å². The fourth-order valence-corrected chi connectivity index (χ4v) is 4.44. The topological polar surface area (TPSA) is 34.1 Å². The van der Waals surface area contributed by atoms with Crippen LogP contribution in [0.4, 0.5) is 0 Å². The highest BCUT2D eigenvalue weighted by Gasteiger charge is 2.21. The minimum absolute atomic E-state index is 0.417. The molecular formula is C24H26O2. The molecule has 4 rings (SSSR count). The second-order valence-corrected chi connectivity index (χ2v) is 7.87. The Kier molecular flexibility index (Phi) is 5.01. The lowest BCUT2D eigenvalue weighted by atomic mass is 9.82. The number of ketones is 2. The zero-order chi connectivity index (χ0) is 17.9. The summed E-state index contributed by atoms with van der Waals surface area (Å²) in [5.74, 6) is 1.91. The van der Waals surface area contributed by atoms with E-state index in [0.29, 0.717) is 23.4 Å². The van der Waals surface area contributed by atoms with Crippen molar-refractivity contribution < 1.29 is 9.59 Å². The highest BCUT2D eigenvalue weighted by atomic mass is 16.1. The maximum absolute atomic E-state index is 11.4. The Balaban J connectivity index is 1.44. The Labute approximate surface area is 155 Å². The van der Waals surface area contributed by atoms with Crippen molar-refractivity contribution in [3.63, 3.8) is 0 Å². The van der Waals surface area contributed by atoms with Crippen LogP contribution in [0.2, 0.25) is 0 Å². The number of benzene rings is 2. The van der Waals surface area contributed by atoms with Gasteiger partial charge in [-0.1, -0.05) is 48.5 Å². The van der Waals surface area contributed by atoms with Crippen LogP contribution in [0.3, 0.4) is 0 Å². The molecule has 0 amide bonds. The maximum atomic E-state index is 11.4. The van der Waals surface area contributed by atoms with E-state index >= 15 is 0 Å². The van der Waals surface area contributed by atoms with Crippen molar-refractivity contribution in [2.24, 2.45) is 0 Å². The minimum Gasteiger partial charge on any atom is -0.300 e. The average Bonchev–Trinajstić information content (AvgIpc) is 2.70. The van der Waals surface area contributed by atoms with Crippen molar-refractivity contribution in [2.45, 2.75) is 63.2 Å². The smallest absolute Gasteiger partial charge is 0.132 e. The molecule has 2 aliphatic carbocycles. The first kappa shape index (κ1) is 17.2. The Morgan fingerprint density at radius 2 is 0.808 bits per heavy atom. The molecule has 0 spiro atoms. The molecule has 2 aliphatic rings. The molecule has 0 saturated heterocycles. The summed E-state index contributed by atoms with van der Waals surface area (Å²) in [6, 6.07) is 17.8. The molecule has 2 nitrogen and oxygen atoms in total. The van der Waals surface area contributed by atoms with E-state index in [4.69, 9.17) is 0 Å². The normalized spacial score (nSPS) is 19.7. The molecule has 2 aromatic carbocycles. The van der Waals surface area contributed by atoms with E-state index in [2.05, 4.69) is 48.5 Å². The van der Waals surface area contributed by atoms with E-state index in [9.17, 15) is 9.59 Å². The summed E-state index contributed by atoms with van der Waals surface area (Å²) in [5, 5.41) is 0. The molecule has 0 N–H and O–H groups in total. The van der Waals surface area contributed by atoms with Gasteiger partial charge in [-0.25, -0.2) is 0 Å². The van der Waals surface area contributed by atoms with E-state index in [1.807, 2.05) is 0 Å². The Hall–Kier alpha value is -2.22. The number of Topliss-reactive ketones (excluding diaryl/α,β-unsaturated/α-hetero) is 2. The maximum Gasteiger partial charge on any atom is 0.132 e. The van der Waals surface area contributed by atoms with Crippen LogP contribution in [-0.4, -0.2) is 11.6 Å².